The van der Waals surface area contributed by atoms with Crippen molar-refractivity contribution in [3.8, 4) is 0 Å². The van der Waals surface area contributed by atoms with Crippen LogP contribution in [-0.2, 0) is 4.79 Å². The molecular formula is C15H29NO. The summed E-state index contributed by atoms with van der Waals surface area (Å²) < 4.78 is 0. The molecule has 2 heteroatoms. The average Bonchev–Trinajstić information content (AvgIpc) is 2.70. The third-order valence-electron chi connectivity index (χ3n) is 3.83. The van der Waals surface area contributed by atoms with E-state index >= 15 is 0 Å². The molecule has 1 atom stereocenters. The van der Waals surface area contributed by atoms with Crippen LogP contribution in [0, 0.1) is 5.92 Å². The van der Waals surface area contributed by atoms with Gasteiger partial charge < -0.3 is 4.90 Å². The highest BCUT2D eigenvalue weighted by atomic mass is 16.2. The van der Waals surface area contributed by atoms with Crippen LogP contribution in [0.25, 0.3) is 0 Å². The molecule has 1 fully saturated rings. The van der Waals surface area contributed by atoms with Crippen LogP contribution < -0.4 is 0 Å². The Morgan fingerprint density at radius 3 is 2.59 bits per heavy atom. The van der Waals surface area contributed by atoms with Gasteiger partial charge in [0, 0.05) is 19.5 Å². The van der Waals surface area contributed by atoms with Gasteiger partial charge in [0.15, 0.2) is 0 Å². The number of carbonyl (C=O) groups excluding carboxylic acids is 1. The maximum Gasteiger partial charge on any atom is 0.222 e. The van der Waals surface area contributed by atoms with Gasteiger partial charge in [-0.25, -0.2) is 0 Å². The first-order chi connectivity index (χ1) is 8.24. The number of unbranched alkanes of at least 4 members (excludes halogenated alkanes) is 3. The van der Waals surface area contributed by atoms with Gasteiger partial charge in [-0.05, 0) is 18.8 Å². The van der Waals surface area contributed by atoms with Gasteiger partial charge in [0.2, 0.25) is 5.91 Å². The summed E-state index contributed by atoms with van der Waals surface area (Å²) in [6, 6.07) is 0. The molecule has 2 nitrogen and oxygen atoms in total. The number of amides is 1. The Morgan fingerprint density at radius 1 is 1.18 bits per heavy atom. The molecule has 1 unspecified atom stereocenters. The molecule has 17 heavy (non-hydrogen) atoms. The number of likely N-dealkylation sites (tertiary alicyclic amines) is 1. The van der Waals surface area contributed by atoms with E-state index in [1.165, 1.54) is 44.9 Å². The Bertz CT molecular complexity index is 215. The molecule has 0 radical (unpaired) electrons. The summed E-state index contributed by atoms with van der Waals surface area (Å²) in [5.41, 5.74) is 0. The Balaban J connectivity index is 1.89. The molecule has 1 aliphatic rings. The molecule has 1 saturated heterocycles. The SMILES string of the molecule is CCCC(C)CCCCCCN1CCCC1=O. The summed E-state index contributed by atoms with van der Waals surface area (Å²) >= 11 is 0. The van der Waals surface area contributed by atoms with Gasteiger partial charge in [-0.1, -0.05) is 52.4 Å². The largest absolute Gasteiger partial charge is 0.343 e. The lowest BCUT2D eigenvalue weighted by atomic mass is 9.98. The van der Waals surface area contributed by atoms with E-state index in [4.69, 9.17) is 0 Å². The van der Waals surface area contributed by atoms with Gasteiger partial charge in [0.05, 0.1) is 0 Å². The summed E-state index contributed by atoms with van der Waals surface area (Å²) in [5.74, 6) is 1.28. The van der Waals surface area contributed by atoms with Crippen molar-refractivity contribution in [2.75, 3.05) is 13.1 Å². The minimum absolute atomic E-state index is 0.376. The number of nitrogens with zero attached hydrogens (tertiary/aromatic N) is 1. The third-order valence-corrected chi connectivity index (χ3v) is 3.83. The molecule has 100 valence electrons. The standard InChI is InChI=1S/C15H29NO/c1-3-9-14(2)10-6-4-5-7-12-16-13-8-11-15(16)17/h14H,3-13H2,1-2H3. The van der Waals surface area contributed by atoms with Gasteiger partial charge in [-0.15, -0.1) is 0 Å². The van der Waals surface area contributed by atoms with E-state index in [9.17, 15) is 4.79 Å². The first-order valence-electron chi connectivity index (χ1n) is 7.51. The maximum absolute atomic E-state index is 11.4. The quantitative estimate of drug-likeness (QED) is 0.557. The maximum atomic E-state index is 11.4. The highest BCUT2D eigenvalue weighted by Crippen LogP contribution is 2.16. The highest BCUT2D eigenvalue weighted by molar-refractivity contribution is 5.77. The van der Waals surface area contributed by atoms with Gasteiger partial charge in [-0.2, -0.15) is 0 Å². The number of rotatable bonds is 9. The molecule has 1 aliphatic heterocycles. The van der Waals surface area contributed by atoms with E-state index in [0.717, 1.165) is 31.8 Å². The lowest BCUT2D eigenvalue weighted by molar-refractivity contribution is -0.127. The van der Waals surface area contributed by atoms with Crippen LogP contribution in [0.1, 0.15) is 71.6 Å². The normalized spacial score (nSPS) is 17.8. The molecule has 0 aliphatic carbocycles. The first-order valence-corrected chi connectivity index (χ1v) is 7.51. The zero-order valence-electron chi connectivity index (χ0n) is 11.7. The summed E-state index contributed by atoms with van der Waals surface area (Å²) in [6.45, 7) is 6.64. The molecule has 0 aromatic heterocycles. The van der Waals surface area contributed by atoms with Gasteiger partial charge in [-0.3, -0.25) is 4.79 Å². The minimum atomic E-state index is 0.376. The van der Waals surface area contributed by atoms with Gasteiger partial charge in [0.1, 0.15) is 0 Å². The van der Waals surface area contributed by atoms with Gasteiger partial charge in [0.25, 0.3) is 0 Å². The van der Waals surface area contributed by atoms with Crippen molar-refractivity contribution >= 4 is 5.91 Å². The van der Waals surface area contributed by atoms with Crippen molar-refractivity contribution in [3.05, 3.63) is 0 Å². The Labute approximate surface area is 107 Å². The average molecular weight is 239 g/mol. The molecular weight excluding hydrogens is 210 g/mol. The smallest absolute Gasteiger partial charge is 0.222 e. The lowest BCUT2D eigenvalue weighted by Crippen LogP contribution is -2.25. The fourth-order valence-electron chi connectivity index (χ4n) is 2.73. The molecule has 1 rings (SSSR count). The predicted molar refractivity (Wildman–Crippen MR) is 73.0 cm³/mol. The molecule has 1 heterocycles. The molecule has 0 saturated carbocycles. The molecule has 0 N–H and O–H groups in total. The van der Waals surface area contributed by atoms with Crippen LogP contribution in [-0.4, -0.2) is 23.9 Å². The summed E-state index contributed by atoms with van der Waals surface area (Å²) in [5, 5.41) is 0. The second-order valence-electron chi connectivity index (χ2n) is 5.58. The second kappa shape index (κ2) is 8.54. The Hall–Kier alpha value is -0.530. The second-order valence-corrected chi connectivity index (χ2v) is 5.58. The van der Waals surface area contributed by atoms with Crippen LogP contribution in [0.3, 0.4) is 0 Å². The van der Waals surface area contributed by atoms with Crippen LogP contribution in [0.4, 0.5) is 0 Å². The zero-order chi connectivity index (χ0) is 12.5. The van der Waals surface area contributed by atoms with Crippen molar-refractivity contribution < 1.29 is 4.79 Å². The molecule has 0 spiro atoms. The third kappa shape index (κ3) is 6.09. The highest BCUT2D eigenvalue weighted by Gasteiger charge is 2.18. The fraction of sp³-hybridized carbons (Fsp3) is 0.933. The van der Waals surface area contributed by atoms with Crippen LogP contribution in [0.5, 0.6) is 0 Å². The first kappa shape index (κ1) is 14.5. The summed E-state index contributed by atoms with van der Waals surface area (Å²) in [6.07, 6.45) is 11.2. The fourth-order valence-corrected chi connectivity index (χ4v) is 2.73. The number of hydrogen-bond donors (Lipinski definition) is 0. The van der Waals surface area contributed by atoms with Crippen LogP contribution >= 0.6 is 0 Å². The van der Waals surface area contributed by atoms with Crippen molar-refractivity contribution in [1.82, 2.24) is 4.90 Å². The topological polar surface area (TPSA) is 20.3 Å². The van der Waals surface area contributed by atoms with E-state index in [1.807, 2.05) is 4.90 Å². The van der Waals surface area contributed by atoms with Crippen molar-refractivity contribution in [2.24, 2.45) is 5.92 Å². The van der Waals surface area contributed by atoms with E-state index in [1.54, 1.807) is 0 Å². The molecule has 0 aromatic carbocycles. The predicted octanol–water partition coefficient (Wildman–Crippen LogP) is 4.00. The number of carbonyl (C=O) groups is 1. The Kier molecular flexibility index (Phi) is 7.30. The zero-order valence-corrected chi connectivity index (χ0v) is 11.7. The molecule has 1 amide bonds. The van der Waals surface area contributed by atoms with E-state index in [2.05, 4.69) is 13.8 Å². The van der Waals surface area contributed by atoms with Crippen LogP contribution in [0.2, 0.25) is 0 Å². The number of hydrogen-bond acceptors (Lipinski definition) is 1. The van der Waals surface area contributed by atoms with E-state index in [-0.39, 0.29) is 0 Å². The summed E-state index contributed by atoms with van der Waals surface area (Å²) in [7, 11) is 0. The molecule has 0 bridgehead atoms. The molecule has 0 aromatic rings. The Morgan fingerprint density at radius 2 is 1.94 bits per heavy atom. The van der Waals surface area contributed by atoms with E-state index in [0.29, 0.717) is 5.91 Å². The van der Waals surface area contributed by atoms with Gasteiger partial charge >= 0.3 is 0 Å². The monoisotopic (exact) mass is 239 g/mol. The van der Waals surface area contributed by atoms with E-state index < -0.39 is 0 Å². The van der Waals surface area contributed by atoms with Crippen LogP contribution in [0.15, 0.2) is 0 Å². The lowest BCUT2D eigenvalue weighted by Gasteiger charge is -2.15. The minimum Gasteiger partial charge on any atom is -0.343 e. The van der Waals surface area contributed by atoms with Crippen molar-refractivity contribution in [2.45, 2.75) is 71.6 Å². The summed E-state index contributed by atoms with van der Waals surface area (Å²) in [4.78, 5) is 13.4. The van der Waals surface area contributed by atoms with Crippen molar-refractivity contribution in [3.63, 3.8) is 0 Å². The van der Waals surface area contributed by atoms with Crippen molar-refractivity contribution in [1.29, 1.82) is 0 Å².